The van der Waals surface area contributed by atoms with Gasteiger partial charge in [-0.25, -0.2) is 13.4 Å². The number of aryl methyl sites for hydroxylation is 2. The van der Waals surface area contributed by atoms with Crippen molar-refractivity contribution in [1.82, 2.24) is 13.9 Å². The number of hydrogen-bond acceptors (Lipinski definition) is 5. The lowest BCUT2D eigenvalue weighted by atomic mass is 10.5. The van der Waals surface area contributed by atoms with Crippen molar-refractivity contribution < 1.29 is 13.2 Å². The minimum atomic E-state index is -3.61. The minimum absolute atomic E-state index is 0.0769. The molecule has 0 aliphatic carbocycles. The number of methoxy groups -OCH3 is 1. The van der Waals surface area contributed by atoms with Gasteiger partial charge in [-0.05, 0) is 13.3 Å². The Labute approximate surface area is 120 Å². The molecule has 1 aromatic rings. The molecule has 0 saturated heterocycles. The molecule has 1 aromatic heterocycles. The fourth-order valence-corrected chi connectivity index (χ4v) is 3.33. The molecule has 116 valence electrons. The van der Waals surface area contributed by atoms with Crippen LogP contribution in [-0.2, 0) is 21.3 Å². The molecule has 0 saturated carbocycles. The Kier molecular flexibility index (Phi) is 6.60. The number of ether oxygens (including phenoxy) is 1. The SMILES string of the molecule is CCCn1cc(S(=O)(=O)N(CCN)CCOC)nc1C. The summed E-state index contributed by atoms with van der Waals surface area (Å²) in [5, 5.41) is 0.0769. The summed E-state index contributed by atoms with van der Waals surface area (Å²) in [6.45, 7) is 5.71. The van der Waals surface area contributed by atoms with E-state index in [0.29, 0.717) is 12.4 Å². The summed E-state index contributed by atoms with van der Waals surface area (Å²) in [7, 11) is -2.08. The molecule has 0 amide bonds. The Morgan fingerprint density at radius 2 is 2.15 bits per heavy atom. The highest BCUT2D eigenvalue weighted by Gasteiger charge is 2.26. The van der Waals surface area contributed by atoms with Gasteiger partial charge in [-0.3, -0.25) is 0 Å². The summed E-state index contributed by atoms with van der Waals surface area (Å²) in [5.41, 5.74) is 5.49. The molecule has 7 nitrogen and oxygen atoms in total. The minimum Gasteiger partial charge on any atom is -0.383 e. The number of rotatable bonds is 9. The average molecular weight is 304 g/mol. The van der Waals surface area contributed by atoms with E-state index in [1.165, 1.54) is 11.4 Å². The summed E-state index contributed by atoms with van der Waals surface area (Å²) >= 11 is 0. The van der Waals surface area contributed by atoms with Gasteiger partial charge in [0.2, 0.25) is 0 Å². The van der Waals surface area contributed by atoms with Gasteiger partial charge >= 0.3 is 0 Å². The Morgan fingerprint density at radius 3 is 2.70 bits per heavy atom. The lowest BCUT2D eigenvalue weighted by Crippen LogP contribution is -2.37. The first-order valence-corrected chi connectivity index (χ1v) is 8.14. The van der Waals surface area contributed by atoms with Gasteiger partial charge in [-0.15, -0.1) is 0 Å². The smallest absolute Gasteiger partial charge is 0.262 e. The zero-order valence-corrected chi connectivity index (χ0v) is 13.2. The van der Waals surface area contributed by atoms with Crippen LogP contribution in [-0.4, -0.2) is 55.6 Å². The first-order chi connectivity index (χ1) is 9.47. The molecule has 0 unspecified atom stereocenters. The van der Waals surface area contributed by atoms with Gasteiger partial charge < -0.3 is 15.0 Å². The molecule has 0 atom stereocenters. The Morgan fingerprint density at radius 1 is 1.45 bits per heavy atom. The van der Waals surface area contributed by atoms with Crippen LogP contribution in [0.2, 0.25) is 0 Å². The molecule has 2 N–H and O–H groups in total. The second-order valence-electron chi connectivity index (χ2n) is 4.51. The van der Waals surface area contributed by atoms with Gasteiger partial charge in [0.1, 0.15) is 5.82 Å². The number of aromatic nitrogens is 2. The van der Waals surface area contributed by atoms with Gasteiger partial charge in [0, 0.05) is 39.5 Å². The first-order valence-electron chi connectivity index (χ1n) is 6.70. The highest BCUT2D eigenvalue weighted by molar-refractivity contribution is 7.89. The number of nitrogens with two attached hydrogens (primary N) is 1. The Balaban J connectivity index is 3.02. The van der Waals surface area contributed by atoms with Crippen LogP contribution in [0.5, 0.6) is 0 Å². The lowest BCUT2D eigenvalue weighted by Gasteiger charge is -2.19. The second kappa shape index (κ2) is 7.72. The molecule has 0 bridgehead atoms. The summed E-state index contributed by atoms with van der Waals surface area (Å²) < 4.78 is 33.2. The van der Waals surface area contributed by atoms with Gasteiger partial charge in [-0.1, -0.05) is 6.92 Å². The number of hydrogen-bond donors (Lipinski definition) is 1. The van der Waals surface area contributed by atoms with Crippen molar-refractivity contribution in [2.45, 2.75) is 31.8 Å². The van der Waals surface area contributed by atoms with Crippen LogP contribution < -0.4 is 5.73 Å². The molecule has 0 aliphatic rings. The Hall–Kier alpha value is -0.960. The van der Waals surface area contributed by atoms with Crippen molar-refractivity contribution in [3.8, 4) is 0 Å². The number of imidazole rings is 1. The summed E-state index contributed by atoms with van der Waals surface area (Å²) in [6, 6.07) is 0. The quantitative estimate of drug-likeness (QED) is 0.703. The molecular weight excluding hydrogens is 280 g/mol. The summed E-state index contributed by atoms with van der Waals surface area (Å²) in [4.78, 5) is 4.16. The average Bonchev–Trinajstić information content (AvgIpc) is 2.77. The molecule has 0 aliphatic heterocycles. The van der Waals surface area contributed by atoms with E-state index in [0.717, 1.165) is 13.0 Å². The normalized spacial score (nSPS) is 12.2. The van der Waals surface area contributed by atoms with Gasteiger partial charge in [-0.2, -0.15) is 4.31 Å². The van der Waals surface area contributed by atoms with Crippen LogP contribution in [0.3, 0.4) is 0 Å². The second-order valence-corrected chi connectivity index (χ2v) is 6.39. The van der Waals surface area contributed by atoms with E-state index in [1.54, 1.807) is 13.1 Å². The van der Waals surface area contributed by atoms with E-state index < -0.39 is 10.0 Å². The molecule has 20 heavy (non-hydrogen) atoms. The van der Waals surface area contributed by atoms with Crippen LogP contribution in [0.4, 0.5) is 0 Å². The van der Waals surface area contributed by atoms with E-state index in [9.17, 15) is 8.42 Å². The topological polar surface area (TPSA) is 90.5 Å². The van der Waals surface area contributed by atoms with E-state index in [2.05, 4.69) is 4.98 Å². The molecular formula is C12H24N4O3S. The summed E-state index contributed by atoms with van der Waals surface area (Å²) in [6.07, 6.45) is 2.51. The summed E-state index contributed by atoms with van der Waals surface area (Å²) in [5.74, 6) is 0.699. The van der Waals surface area contributed by atoms with Crippen LogP contribution >= 0.6 is 0 Å². The van der Waals surface area contributed by atoms with Crippen molar-refractivity contribution in [1.29, 1.82) is 0 Å². The highest BCUT2D eigenvalue weighted by Crippen LogP contribution is 2.15. The maximum Gasteiger partial charge on any atom is 0.262 e. The maximum absolute atomic E-state index is 12.5. The fourth-order valence-electron chi connectivity index (χ4n) is 1.89. The lowest BCUT2D eigenvalue weighted by molar-refractivity contribution is 0.179. The van der Waals surface area contributed by atoms with Crippen LogP contribution in [0.25, 0.3) is 0 Å². The highest BCUT2D eigenvalue weighted by atomic mass is 32.2. The van der Waals surface area contributed by atoms with Crippen molar-refractivity contribution in [3.63, 3.8) is 0 Å². The van der Waals surface area contributed by atoms with Crippen molar-refractivity contribution in [2.75, 3.05) is 33.4 Å². The van der Waals surface area contributed by atoms with E-state index >= 15 is 0 Å². The fraction of sp³-hybridized carbons (Fsp3) is 0.750. The van der Waals surface area contributed by atoms with Crippen LogP contribution in [0.1, 0.15) is 19.2 Å². The third-order valence-corrected chi connectivity index (χ3v) is 4.72. The van der Waals surface area contributed by atoms with E-state index in [-0.39, 0.29) is 24.7 Å². The predicted molar refractivity (Wildman–Crippen MR) is 76.9 cm³/mol. The van der Waals surface area contributed by atoms with Gasteiger partial charge in [0.05, 0.1) is 6.61 Å². The Bertz CT molecular complexity index is 513. The van der Waals surface area contributed by atoms with Gasteiger partial charge in [0.25, 0.3) is 10.0 Å². The molecule has 1 rings (SSSR count). The molecule has 0 aromatic carbocycles. The molecule has 0 radical (unpaired) electrons. The number of sulfonamides is 1. The molecule has 1 heterocycles. The van der Waals surface area contributed by atoms with Gasteiger partial charge in [0.15, 0.2) is 5.03 Å². The van der Waals surface area contributed by atoms with Crippen molar-refractivity contribution in [2.24, 2.45) is 5.73 Å². The third-order valence-electron chi connectivity index (χ3n) is 2.95. The first kappa shape index (κ1) is 17.1. The standard InChI is InChI=1S/C12H24N4O3S/c1-4-6-15-10-12(14-11(15)2)20(17,18)16(7-5-13)8-9-19-3/h10H,4-9,13H2,1-3H3. The zero-order valence-electron chi connectivity index (χ0n) is 12.4. The van der Waals surface area contributed by atoms with E-state index in [1.807, 2.05) is 11.5 Å². The van der Waals surface area contributed by atoms with Crippen LogP contribution in [0, 0.1) is 6.92 Å². The zero-order chi connectivity index (χ0) is 15.2. The van der Waals surface area contributed by atoms with E-state index in [4.69, 9.17) is 10.5 Å². The largest absolute Gasteiger partial charge is 0.383 e. The van der Waals surface area contributed by atoms with Crippen LogP contribution in [0.15, 0.2) is 11.2 Å². The van der Waals surface area contributed by atoms with Crippen molar-refractivity contribution >= 4 is 10.0 Å². The maximum atomic E-state index is 12.5. The molecule has 0 fully saturated rings. The molecule has 0 spiro atoms. The number of nitrogens with zero attached hydrogens (tertiary/aromatic N) is 3. The third kappa shape index (κ3) is 4.02. The van der Waals surface area contributed by atoms with Crippen molar-refractivity contribution in [3.05, 3.63) is 12.0 Å². The monoisotopic (exact) mass is 304 g/mol. The predicted octanol–water partition coefficient (Wildman–Crippen LogP) is 0.197. The molecule has 8 heteroatoms.